The summed E-state index contributed by atoms with van der Waals surface area (Å²) >= 11 is 3.56. The number of rotatable bonds is 4. The van der Waals surface area contributed by atoms with Crippen molar-refractivity contribution in [3.63, 3.8) is 0 Å². The first-order valence-electron chi connectivity index (χ1n) is 6.90. The Balaban J connectivity index is 1.78. The lowest BCUT2D eigenvalue weighted by atomic mass is 10.1. The average Bonchev–Trinajstić information content (AvgIpc) is 2.42. The van der Waals surface area contributed by atoms with E-state index in [0.29, 0.717) is 6.54 Å². The zero-order valence-electron chi connectivity index (χ0n) is 11.4. The van der Waals surface area contributed by atoms with Crippen LogP contribution in [0.5, 0.6) is 0 Å². The van der Waals surface area contributed by atoms with E-state index in [0.717, 1.165) is 36.9 Å². The van der Waals surface area contributed by atoms with E-state index in [1.165, 1.54) is 17.5 Å². The molecule has 0 saturated carbocycles. The fourth-order valence-corrected chi connectivity index (χ4v) is 2.99. The highest BCUT2D eigenvalue weighted by Crippen LogP contribution is 2.18. The number of carbonyl (C=O) groups excluding carboxylic acids is 1. The molecule has 0 bridgehead atoms. The molecule has 0 atom stereocenters. The fraction of sp³-hybridized carbons (Fsp3) is 0.533. The third-order valence-electron chi connectivity index (χ3n) is 3.51. The molecular formula is C15H21BrN2O. The topological polar surface area (TPSA) is 32.3 Å². The summed E-state index contributed by atoms with van der Waals surface area (Å²) in [7, 11) is 0. The number of halogens is 1. The van der Waals surface area contributed by atoms with Crippen LogP contribution < -0.4 is 5.32 Å². The van der Waals surface area contributed by atoms with Gasteiger partial charge < -0.3 is 10.2 Å². The van der Waals surface area contributed by atoms with Crippen LogP contribution in [0.15, 0.2) is 22.7 Å². The molecule has 1 aliphatic rings. The van der Waals surface area contributed by atoms with Gasteiger partial charge in [-0.25, -0.2) is 0 Å². The van der Waals surface area contributed by atoms with E-state index >= 15 is 0 Å². The smallest absolute Gasteiger partial charge is 0.236 e. The van der Waals surface area contributed by atoms with E-state index < -0.39 is 0 Å². The van der Waals surface area contributed by atoms with Gasteiger partial charge in [-0.2, -0.15) is 0 Å². The molecular weight excluding hydrogens is 304 g/mol. The Kier molecular flexibility index (Phi) is 5.40. The monoisotopic (exact) mass is 324 g/mol. The van der Waals surface area contributed by atoms with Crippen LogP contribution in [0.3, 0.4) is 0 Å². The number of benzene rings is 1. The van der Waals surface area contributed by atoms with Crippen molar-refractivity contribution < 1.29 is 4.79 Å². The highest BCUT2D eigenvalue weighted by Gasteiger charge is 2.15. The molecule has 3 nitrogen and oxygen atoms in total. The van der Waals surface area contributed by atoms with Crippen molar-refractivity contribution in [3.05, 3.63) is 33.8 Å². The van der Waals surface area contributed by atoms with E-state index in [2.05, 4.69) is 46.4 Å². The first-order valence-corrected chi connectivity index (χ1v) is 7.69. The van der Waals surface area contributed by atoms with Crippen molar-refractivity contribution in [1.82, 2.24) is 10.2 Å². The molecule has 0 aromatic heterocycles. The third kappa shape index (κ3) is 4.32. The van der Waals surface area contributed by atoms with Gasteiger partial charge in [-0.3, -0.25) is 4.79 Å². The number of piperidine rings is 1. The summed E-state index contributed by atoms with van der Waals surface area (Å²) in [5.74, 6) is 0.225. The van der Waals surface area contributed by atoms with E-state index in [4.69, 9.17) is 0 Å². The predicted octanol–water partition coefficient (Wildman–Crippen LogP) is 2.86. The number of likely N-dealkylation sites (tertiary alicyclic amines) is 1. The number of hydrogen-bond donors (Lipinski definition) is 1. The van der Waals surface area contributed by atoms with Crippen LogP contribution in [0, 0.1) is 6.92 Å². The van der Waals surface area contributed by atoms with Crippen molar-refractivity contribution in [1.29, 1.82) is 0 Å². The summed E-state index contributed by atoms with van der Waals surface area (Å²) in [6.45, 7) is 5.08. The predicted molar refractivity (Wildman–Crippen MR) is 81.0 cm³/mol. The van der Waals surface area contributed by atoms with Gasteiger partial charge in [0, 0.05) is 24.1 Å². The molecule has 4 heteroatoms. The van der Waals surface area contributed by atoms with Crippen molar-refractivity contribution >= 4 is 21.8 Å². The second-order valence-electron chi connectivity index (χ2n) is 5.14. The van der Waals surface area contributed by atoms with Crippen molar-refractivity contribution in [2.45, 2.75) is 32.7 Å². The molecule has 1 heterocycles. The molecule has 1 fully saturated rings. The van der Waals surface area contributed by atoms with Gasteiger partial charge in [-0.15, -0.1) is 0 Å². The van der Waals surface area contributed by atoms with Gasteiger partial charge in [0.05, 0.1) is 6.54 Å². The molecule has 1 aliphatic heterocycles. The van der Waals surface area contributed by atoms with E-state index in [1.54, 1.807) is 0 Å². The molecule has 19 heavy (non-hydrogen) atoms. The molecule has 104 valence electrons. The summed E-state index contributed by atoms with van der Waals surface area (Å²) in [4.78, 5) is 14.0. The Hall–Kier alpha value is -0.870. The van der Waals surface area contributed by atoms with Crippen molar-refractivity contribution in [2.75, 3.05) is 19.6 Å². The normalized spacial score (nSPS) is 15.6. The summed E-state index contributed by atoms with van der Waals surface area (Å²) in [6, 6.07) is 6.29. The minimum absolute atomic E-state index is 0.225. The first kappa shape index (κ1) is 14.5. The van der Waals surface area contributed by atoms with Crippen molar-refractivity contribution in [3.8, 4) is 0 Å². The SMILES string of the molecule is Cc1ccc(CNCC(=O)N2CCCCC2)c(Br)c1. The molecule has 1 N–H and O–H groups in total. The zero-order chi connectivity index (χ0) is 13.7. The third-order valence-corrected chi connectivity index (χ3v) is 4.25. The Morgan fingerprint density at radius 1 is 1.32 bits per heavy atom. The lowest BCUT2D eigenvalue weighted by Gasteiger charge is -2.26. The van der Waals surface area contributed by atoms with Crippen LogP contribution in [-0.2, 0) is 11.3 Å². The maximum absolute atomic E-state index is 12.0. The fourth-order valence-electron chi connectivity index (χ4n) is 2.35. The summed E-state index contributed by atoms with van der Waals surface area (Å²) in [5.41, 5.74) is 2.43. The zero-order valence-corrected chi connectivity index (χ0v) is 13.0. The van der Waals surface area contributed by atoms with Crippen molar-refractivity contribution in [2.24, 2.45) is 0 Å². The molecule has 1 saturated heterocycles. The summed E-state index contributed by atoms with van der Waals surface area (Å²) in [5, 5.41) is 3.24. The van der Waals surface area contributed by atoms with Gasteiger partial charge in [0.1, 0.15) is 0 Å². The Morgan fingerprint density at radius 2 is 2.05 bits per heavy atom. The van der Waals surface area contributed by atoms with Gasteiger partial charge in [-0.05, 0) is 43.4 Å². The van der Waals surface area contributed by atoms with Crippen LogP contribution >= 0.6 is 15.9 Å². The Morgan fingerprint density at radius 3 is 2.74 bits per heavy atom. The van der Waals surface area contributed by atoms with Crippen LogP contribution in [0.4, 0.5) is 0 Å². The van der Waals surface area contributed by atoms with E-state index in [9.17, 15) is 4.79 Å². The second-order valence-corrected chi connectivity index (χ2v) is 5.99. The Bertz CT molecular complexity index is 442. The number of hydrogen-bond acceptors (Lipinski definition) is 2. The van der Waals surface area contributed by atoms with Crippen LogP contribution in [0.25, 0.3) is 0 Å². The number of carbonyl (C=O) groups is 1. The Labute approximate surface area is 123 Å². The number of nitrogens with one attached hydrogen (secondary N) is 1. The van der Waals surface area contributed by atoms with Gasteiger partial charge in [-0.1, -0.05) is 28.1 Å². The summed E-state index contributed by atoms with van der Waals surface area (Å²) < 4.78 is 1.10. The highest BCUT2D eigenvalue weighted by molar-refractivity contribution is 9.10. The highest BCUT2D eigenvalue weighted by atomic mass is 79.9. The molecule has 0 unspecified atom stereocenters. The van der Waals surface area contributed by atoms with Crippen LogP contribution in [0.1, 0.15) is 30.4 Å². The average molecular weight is 325 g/mol. The molecule has 1 amide bonds. The maximum Gasteiger partial charge on any atom is 0.236 e. The van der Waals surface area contributed by atoms with E-state index in [-0.39, 0.29) is 5.91 Å². The molecule has 0 spiro atoms. The van der Waals surface area contributed by atoms with Gasteiger partial charge in [0.2, 0.25) is 5.91 Å². The minimum atomic E-state index is 0.225. The molecule has 1 aromatic carbocycles. The van der Waals surface area contributed by atoms with Gasteiger partial charge in [0.25, 0.3) is 0 Å². The molecule has 1 aromatic rings. The lowest BCUT2D eigenvalue weighted by molar-refractivity contribution is -0.131. The molecule has 0 aliphatic carbocycles. The second kappa shape index (κ2) is 7.06. The number of amides is 1. The molecule has 2 rings (SSSR count). The number of aryl methyl sites for hydroxylation is 1. The largest absolute Gasteiger partial charge is 0.342 e. The maximum atomic E-state index is 12.0. The lowest BCUT2D eigenvalue weighted by Crippen LogP contribution is -2.40. The minimum Gasteiger partial charge on any atom is -0.342 e. The van der Waals surface area contributed by atoms with Crippen LogP contribution in [-0.4, -0.2) is 30.4 Å². The number of nitrogens with zero attached hydrogens (tertiary/aromatic N) is 1. The standard InChI is InChI=1S/C15H21BrN2O/c1-12-5-6-13(14(16)9-12)10-17-11-15(19)18-7-3-2-4-8-18/h5-6,9,17H,2-4,7-8,10-11H2,1H3. The quantitative estimate of drug-likeness (QED) is 0.923. The van der Waals surface area contributed by atoms with Gasteiger partial charge >= 0.3 is 0 Å². The molecule has 0 radical (unpaired) electrons. The van der Waals surface area contributed by atoms with E-state index in [1.807, 2.05) is 4.90 Å². The van der Waals surface area contributed by atoms with Crippen LogP contribution in [0.2, 0.25) is 0 Å². The first-order chi connectivity index (χ1) is 9.16. The summed E-state index contributed by atoms with van der Waals surface area (Å²) in [6.07, 6.45) is 3.55. The van der Waals surface area contributed by atoms with Gasteiger partial charge in [0.15, 0.2) is 0 Å².